The normalized spacial score (nSPS) is 27.7. The lowest BCUT2D eigenvalue weighted by Crippen LogP contribution is -2.51. The van der Waals surface area contributed by atoms with Crippen molar-refractivity contribution in [1.29, 1.82) is 0 Å². The number of likely N-dealkylation sites (tertiary alicyclic amines) is 1. The Hall–Kier alpha value is -1.26. The average Bonchev–Trinajstić information content (AvgIpc) is 2.71. The van der Waals surface area contributed by atoms with Crippen molar-refractivity contribution < 1.29 is 9.90 Å². The highest BCUT2D eigenvalue weighted by atomic mass is 35.5. The van der Waals surface area contributed by atoms with Crippen molar-refractivity contribution >= 4 is 17.6 Å². The number of carbonyl (C=O) groups excluding carboxylic acids is 1. The van der Waals surface area contributed by atoms with E-state index in [1.54, 1.807) is 0 Å². The molecule has 1 aromatic carbocycles. The second-order valence-electron chi connectivity index (χ2n) is 6.07. The zero-order chi connectivity index (χ0) is 14.8. The number of piperidine rings is 1. The summed E-state index contributed by atoms with van der Waals surface area (Å²) in [6.07, 6.45) is 2.59. The fraction of sp³-hybridized carbons (Fsp3) is 0.562. The Labute approximate surface area is 130 Å². The van der Waals surface area contributed by atoms with Crippen LogP contribution in [0.4, 0.5) is 4.79 Å². The summed E-state index contributed by atoms with van der Waals surface area (Å²) in [4.78, 5) is 14.0. The first-order valence-corrected chi connectivity index (χ1v) is 7.97. The van der Waals surface area contributed by atoms with E-state index >= 15 is 0 Å². The van der Waals surface area contributed by atoms with Gasteiger partial charge in [-0.15, -0.1) is 0 Å². The number of aliphatic hydroxyl groups excluding tert-OH is 1. The number of nitrogens with one attached hydrogen (secondary N) is 1. The summed E-state index contributed by atoms with van der Waals surface area (Å²) in [5.74, 6) is 0.524. The summed E-state index contributed by atoms with van der Waals surface area (Å²) in [6, 6.07) is 7.67. The van der Waals surface area contributed by atoms with Crippen LogP contribution in [0.2, 0.25) is 5.02 Å². The van der Waals surface area contributed by atoms with Crippen LogP contribution in [0.25, 0.3) is 0 Å². The number of benzene rings is 1. The second kappa shape index (κ2) is 6.24. The maximum atomic E-state index is 12.2. The molecule has 1 heterocycles. The molecule has 0 spiro atoms. The molecule has 1 aromatic rings. The molecule has 1 aliphatic heterocycles. The summed E-state index contributed by atoms with van der Waals surface area (Å²) in [5, 5.41) is 13.7. The molecule has 21 heavy (non-hydrogen) atoms. The number of hydrogen-bond donors (Lipinski definition) is 2. The van der Waals surface area contributed by atoms with E-state index < -0.39 is 0 Å². The van der Waals surface area contributed by atoms with Crippen LogP contribution >= 0.6 is 11.6 Å². The summed E-state index contributed by atoms with van der Waals surface area (Å²) in [5.41, 5.74) is 1.05. The van der Waals surface area contributed by atoms with Crippen LogP contribution in [0.3, 0.4) is 0 Å². The number of nitrogens with zero attached hydrogens (tertiary/aromatic N) is 1. The Bertz CT molecular complexity index is 509. The molecule has 4 nitrogen and oxygen atoms in total. The van der Waals surface area contributed by atoms with Gasteiger partial charge in [-0.3, -0.25) is 0 Å². The van der Waals surface area contributed by atoms with Crippen molar-refractivity contribution in [3.8, 4) is 0 Å². The van der Waals surface area contributed by atoms with E-state index in [1.165, 1.54) is 0 Å². The van der Waals surface area contributed by atoms with Gasteiger partial charge in [0.05, 0.1) is 6.10 Å². The molecule has 1 unspecified atom stereocenters. The minimum Gasteiger partial charge on any atom is -0.392 e. The molecule has 3 rings (SSSR count). The van der Waals surface area contributed by atoms with Crippen molar-refractivity contribution in [2.45, 2.75) is 25.4 Å². The van der Waals surface area contributed by atoms with E-state index in [4.69, 9.17) is 11.6 Å². The van der Waals surface area contributed by atoms with E-state index in [0.29, 0.717) is 19.6 Å². The third-order valence-electron chi connectivity index (χ3n) is 4.70. The SMILES string of the molecule is O=C(NCCc1ccccc1Cl)N1C[C@H]2CC[C@@H](C1)C2O. The van der Waals surface area contributed by atoms with Crippen molar-refractivity contribution in [2.24, 2.45) is 11.8 Å². The lowest BCUT2D eigenvalue weighted by Gasteiger charge is -2.35. The molecule has 2 aliphatic rings. The van der Waals surface area contributed by atoms with Gasteiger partial charge in [-0.25, -0.2) is 4.79 Å². The van der Waals surface area contributed by atoms with Gasteiger partial charge in [-0.05, 0) is 30.9 Å². The second-order valence-corrected chi connectivity index (χ2v) is 6.47. The highest BCUT2D eigenvalue weighted by Gasteiger charge is 2.42. The monoisotopic (exact) mass is 308 g/mol. The lowest BCUT2D eigenvalue weighted by molar-refractivity contribution is 0.0304. The van der Waals surface area contributed by atoms with Crippen LogP contribution in [-0.4, -0.2) is 41.8 Å². The molecule has 2 amide bonds. The lowest BCUT2D eigenvalue weighted by atomic mass is 9.95. The number of amides is 2. The number of hydrogen-bond acceptors (Lipinski definition) is 2. The minimum atomic E-state index is -0.211. The van der Waals surface area contributed by atoms with Crippen LogP contribution < -0.4 is 5.32 Å². The summed E-state index contributed by atoms with van der Waals surface area (Å²) in [6.45, 7) is 1.93. The van der Waals surface area contributed by atoms with Gasteiger partial charge in [-0.1, -0.05) is 29.8 Å². The van der Waals surface area contributed by atoms with Crippen molar-refractivity contribution in [3.05, 3.63) is 34.9 Å². The number of urea groups is 1. The molecule has 0 aromatic heterocycles. The molecular weight excluding hydrogens is 288 g/mol. The fourth-order valence-electron chi connectivity index (χ4n) is 3.48. The zero-order valence-electron chi connectivity index (χ0n) is 12.0. The molecule has 3 atom stereocenters. The van der Waals surface area contributed by atoms with Crippen LogP contribution in [0, 0.1) is 11.8 Å². The summed E-state index contributed by atoms with van der Waals surface area (Å²) >= 11 is 6.10. The van der Waals surface area contributed by atoms with Gasteiger partial charge < -0.3 is 15.3 Å². The third-order valence-corrected chi connectivity index (χ3v) is 5.07. The van der Waals surface area contributed by atoms with Gasteiger partial charge in [0.2, 0.25) is 0 Å². The van der Waals surface area contributed by atoms with Crippen LogP contribution in [0.1, 0.15) is 18.4 Å². The Balaban J connectivity index is 1.48. The largest absolute Gasteiger partial charge is 0.392 e. The summed E-state index contributed by atoms with van der Waals surface area (Å²) < 4.78 is 0. The van der Waals surface area contributed by atoms with Gasteiger partial charge in [0, 0.05) is 36.5 Å². The molecule has 0 radical (unpaired) electrons. The standard InChI is InChI=1S/C16H21ClN2O2/c17-14-4-2-1-3-11(14)7-8-18-16(21)19-9-12-5-6-13(10-19)15(12)20/h1-4,12-13,15,20H,5-10H2,(H,18,21)/t12-,13+,15?. The maximum Gasteiger partial charge on any atom is 0.317 e. The van der Waals surface area contributed by atoms with E-state index in [9.17, 15) is 9.90 Å². The van der Waals surface area contributed by atoms with Gasteiger partial charge in [0.15, 0.2) is 0 Å². The molecular formula is C16H21ClN2O2. The predicted molar refractivity (Wildman–Crippen MR) is 82.3 cm³/mol. The van der Waals surface area contributed by atoms with Gasteiger partial charge in [-0.2, -0.15) is 0 Å². The van der Waals surface area contributed by atoms with E-state index in [-0.39, 0.29) is 24.0 Å². The quantitative estimate of drug-likeness (QED) is 0.900. The number of aliphatic hydroxyl groups is 1. The van der Waals surface area contributed by atoms with Crippen LogP contribution in [-0.2, 0) is 6.42 Å². The van der Waals surface area contributed by atoms with E-state index in [1.807, 2.05) is 29.2 Å². The van der Waals surface area contributed by atoms with Crippen LogP contribution in [0.15, 0.2) is 24.3 Å². The van der Waals surface area contributed by atoms with Gasteiger partial charge in [0.1, 0.15) is 0 Å². The van der Waals surface area contributed by atoms with Crippen LogP contribution in [0.5, 0.6) is 0 Å². The molecule has 1 saturated heterocycles. The molecule has 1 saturated carbocycles. The molecule has 5 heteroatoms. The Morgan fingerprint density at radius 2 is 1.95 bits per heavy atom. The average molecular weight is 309 g/mol. The number of carbonyl (C=O) groups is 1. The first kappa shape index (κ1) is 14.7. The smallest absolute Gasteiger partial charge is 0.317 e. The maximum absolute atomic E-state index is 12.2. The predicted octanol–water partition coefficient (Wildman–Crippen LogP) is 2.29. The molecule has 2 bridgehead atoms. The first-order valence-electron chi connectivity index (χ1n) is 7.59. The zero-order valence-corrected chi connectivity index (χ0v) is 12.7. The highest BCUT2D eigenvalue weighted by Crippen LogP contribution is 2.36. The fourth-order valence-corrected chi connectivity index (χ4v) is 3.71. The van der Waals surface area contributed by atoms with E-state index in [2.05, 4.69) is 5.32 Å². The van der Waals surface area contributed by atoms with Gasteiger partial charge >= 0.3 is 6.03 Å². The Morgan fingerprint density at radius 3 is 2.62 bits per heavy atom. The van der Waals surface area contributed by atoms with Crippen molar-refractivity contribution in [2.75, 3.05) is 19.6 Å². The first-order chi connectivity index (χ1) is 10.1. The molecule has 2 N–H and O–H groups in total. The Kier molecular flexibility index (Phi) is 4.36. The molecule has 2 fully saturated rings. The number of fused-ring (bicyclic) bond motifs is 2. The molecule has 1 aliphatic carbocycles. The minimum absolute atomic E-state index is 0.0224. The van der Waals surface area contributed by atoms with Crippen molar-refractivity contribution in [1.82, 2.24) is 10.2 Å². The number of halogens is 1. The topological polar surface area (TPSA) is 52.6 Å². The van der Waals surface area contributed by atoms with Gasteiger partial charge in [0.25, 0.3) is 0 Å². The summed E-state index contributed by atoms with van der Waals surface area (Å²) in [7, 11) is 0. The number of rotatable bonds is 3. The highest BCUT2D eigenvalue weighted by molar-refractivity contribution is 6.31. The van der Waals surface area contributed by atoms with Crippen molar-refractivity contribution in [3.63, 3.8) is 0 Å². The van der Waals surface area contributed by atoms with E-state index in [0.717, 1.165) is 29.8 Å². The third kappa shape index (κ3) is 3.16. The molecule has 114 valence electrons. The Morgan fingerprint density at radius 1 is 1.29 bits per heavy atom.